The minimum atomic E-state index is -0.778. The Labute approximate surface area is 126 Å². The minimum Gasteiger partial charge on any atom is -0.508 e. The summed E-state index contributed by atoms with van der Waals surface area (Å²) in [6.45, 7) is 5.70. The van der Waals surface area contributed by atoms with Crippen molar-refractivity contribution >= 4 is 12.4 Å². The molecular weight excluding hydrogens is 282 g/mol. The molecule has 0 aromatic heterocycles. The second kappa shape index (κ2) is 7.02. The van der Waals surface area contributed by atoms with E-state index in [9.17, 15) is 10.2 Å². The van der Waals surface area contributed by atoms with Crippen LogP contribution in [0.2, 0.25) is 0 Å². The number of aliphatic hydroxyl groups excluding tert-OH is 1. The van der Waals surface area contributed by atoms with Gasteiger partial charge < -0.3 is 25.4 Å². The van der Waals surface area contributed by atoms with Crippen LogP contribution >= 0.6 is 12.4 Å². The maximum atomic E-state index is 10.3. The summed E-state index contributed by atoms with van der Waals surface area (Å²) in [7, 11) is 2.96. The monoisotopic (exact) mass is 305 g/mol. The van der Waals surface area contributed by atoms with Crippen LogP contribution < -0.4 is 15.2 Å². The number of aromatic hydroxyl groups is 1. The standard InChI is InChI=1S/C14H23NO4.ClH/c1-14(2,3)13(17)12(15)11-9(18-4)6-8(16)7-10(11)19-5;/h6-7,12-13,16-17H,15H2,1-5H3;1H/t12-,13-;/m1./s1. The van der Waals surface area contributed by atoms with Gasteiger partial charge in [0.05, 0.1) is 31.9 Å². The van der Waals surface area contributed by atoms with Gasteiger partial charge in [0.25, 0.3) is 0 Å². The fraction of sp³-hybridized carbons (Fsp3) is 0.571. The number of benzene rings is 1. The lowest BCUT2D eigenvalue weighted by atomic mass is 9.82. The molecule has 0 heterocycles. The Bertz CT molecular complexity index is 420. The van der Waals surface area contributed by atoms with Crippen LogP contribution in [0.4, 0.5) is 0 Å². The van der Waals surface area contributed by atoms with Crippen LogP contribution in [0.3, 0.4) is 0 Å². The molecule has 20 heavy (non-hydrogen) atoms. The van der Waals surface area contributed by atoms with E-state index in [1.54, 1.807) is 0 Å². The molecule has 0 aliphatic heterocycles. The van der Waals surface area contributed by atoms with E-state index >= 15 is 0 Å². The van der Waals surface area contributed by atoms with Gasteiger partial charge in [-0.1, -0.05) is 20.8 Å². The molecule has 0 aliphatic carbocycles. The van der Waals surface area contributed by atoms with Crippen molar-refractivity contribution < 1.29 is 19.7 Å². The Morgan fingerprint density at radius 2 is 1.50 bits per heavy atom. The number of hydrogen-bond donors (Lipinski definition) is 3. The molecule has 0 fully saturated rings. The first-order chi connectivity index (χ1) is 8.72. The highest BCUT2D eigenvalue weighted by Crippen LogP contribution is 2.40. The van der Waals surface area contributed by atoms with Crippen LogP contribution in [-0.4, -0.2) is 30.5 Å². The van der Waals surface area contributed by atoms with Crippen molar-refractivity contribution in [1.29, 1.82) is 0 Å². The average molecular weight is 306 g/mol. The summed E-state index contributed by atoms with van der Waals surface area (Å²) in [5.74, 6) is 0.815. The Balaban J connectivity index is 0.00000361. The molecule has 2 atom stereocenters. The van der Waals surface area contributed by atoms with Crippen molar-refractivity contribution in [1.82, 2.24) is 0 Å². The maximum Gasteiger partial charge on any atom is 0.131 e. The minimum absolute atomic E-state index is 0. The molecule has 1 aromatic rings. The Morgan fingerprint density at radius 3 is 1.80 bits per heavy atom. The molecule has 5 nitrogen and oxygen atoms in total. The second-order valence-electron chi connectivity index (χ2n) is 5.60. The van der Waals surface area contributed by atoms with Crippen molar-refractivity contribution in [3.63, 3.8) is 0 Å². The van der Waals surface area contributed by atoms with E-state index in [1.807, 2.05) is 20.8 Å². The molecule has 0 bridgehead atoms. The lowest BCUT2D eigenvalue weighted by molar-refractivity contribution is 0.0387. The van der Waals surface area contributed by atoms with E-state index in [1.165, 1.54) is 26.4 Å². The fourth-order valence-electron chi connectivity index (χ4n) is 1.95. The largest absolute Gasteiger partial charge is 0.508 e. The number of methoxy groups -OCH3 is 2. The highest BCUT2D eigenvalue weighted by atomic mass is 35.5. The normalized spacial score (nSPS) is 14.2. The number of phenolic OH excluding ortho intramolecular Hbond substituents is 1. The molecule has 1 aromatic carbocycles. The molecule has 0 amide bonds. The maximum absolute atomic E-state index is 10.3. The van der Waals surface area contributed by atoms with Crippen molar-refractivity contribution in [2.24, 2.45) is 11.1 Å². The van der Waals surface area contributed by atoms with Gasteiger partial charge in [-0.2, -0.15) is 0 Å². The average Bonchev–Trinajstić information content (AvgIpc) is 2.34. The Morgan fingerprint density at radius 1 is 1.10 bits per heavy atom. The molecular formula is C14H24ClNO4. The Kier molecular flexibility index (Phi) is 6.61. The number of halogens is 1. The van der Waals surface area contributed by atoms with Gasteiger partial charge in [0, 0.05) is 12.1 Å². The highest BCUT2D eigenvalue weighted by Gasteiger charge is 2.32. The van der Waals surface area contributed by atoms with Crippen molar-refractivity contribution in [2.75, 3.05) is 14.2 Å². The number of aliphatic hydroxyl groups is 1. The summed E-state index contributed by atoms with van der Waals surface area (Å²) in [6, 6.07) is 2.23. The SMILES string of the molecule is COc1cc(O)cc(OC)c1[C@@H](N)[C@@H](O)C(C)(C)C.Cl. The van der Waals surface area contributed by atoms with E-state index in [0.29, 0.717) is 17.1 Å². The summed E-state index contributed by atoms with van der Waals surface area (Å²) >= 11 is 0. The summed E-state index contributed by atoms with van der Waals surface area (Å²) < 4.78 is 10.4. The number of ether oxygens (including phenoxy) is 2. The molecule has 4 N–H and O–H groups in total. The smallest absolute Gasteiger partial charge is 0.131 e. The molecule has 0 spiro atoms. The predicted molar refractivity (Wildman–Crippen MR) is 80.8 cm³/mol. The third-order valence-electron chi connectivity index (χ3n) is 3.09. The zero-order valence-electron chi connectivity index (χ0n) is 12.5. The van der Waals surface area contributed by atoms with Crippen molar-refractivity contribution in [2.45, 2.75) is 32.9 Å². The van der Waals surface area contributed by atoms with E-state index in [-0.39, 0.29) is 23.6 Å². The molecule has 0 saturated carbocycles. The van der Waals surface area contributed by atoms with Gasteiger partial charge in [0.1, 0.15) is 17.2 Å². The summed E-state index contributed by atoms with van der Waals surface area (Å²) in [4.78, 5) is 0. The predicted octanol–water partition coefficient (Wildman–Crippen LogP) is 2.24. The van der Waals surface area contributed by atoms with Gasteiger partial charge in [-0.3, -0.25) is 0 Å². The van der Waals surface area contributed by atoms with Crippen LogP contribution in [-0.2, 0) is 0 Å². The molecule has 6 heteroatoms. The zero-order chi connectivity index (χ0) is 14.8. The van der Waals surface area contributed by atoms with E-state index < -0.39 is 12.1 Å². The lowest BCUT2D eigenvalue weighted by Crippen LogP contribution is -2.37. The third-order valence-corrected chi connectivity index (χ3v) is 3.09. The zero-order valence-corrected chi connectivity index (χ0v) is 13.3. The first-order valence-corrected chi connectivity index (χ1v) is 6.11. The van der Waals surface area contributed by atoms with Crippen molar-refractivity contribution in [3.05, 3.63) is 17.7 Å². The van der Waals surface area contributed by atoms with Gasteiger partial charge in [-0.05, 0) is 5.41 Å². The number of rotatable bonds is 4. The van der Waals surface area contributed by atoms with Crippen LogP contribution in [0.5, 0.6) is 17.2 Å². The van der Waals surface area contributed by atoms with E-state index in [4.69, 9.17) is 15.2 Å². The number of hydrogen-bond acceptors (Lipinski definition) is 5. The second-order valence-corrected chi connectivity index (χ2v) is 5.60. The summed E-state index contributed by atoms with van der Waals surface area (Å²) in [5, 5.41) is 19.9. The summed E-state index contributed by atoms with van der Waals surface area (Å²) in [6.07, 6.45) is -0.778. The molecule has 1 rings (SSSR count). The molecule has 0 radical (unpaired) electrons. The highest BCUT2D eigenvalue weighted by molar-refractivity contribution is 5.85. The quantitative estimate of drug-likeness (QED) is 0.794. The number of nitrogens with two attached hydrogens (primary N) is 1. The fourth-order valence-corrected chi connectivity index (χ4v) is 1.95. The van der Waals surface area contributed by atoms with Crippen LogP contribution in [0, 0.1) is 5.41 Å². The van der Waals surface area contributed by atoms with Crippen LogP contribution in [0.15, 0.2) is 12.1 Å². The summed E-state index contributed by atoms with van der Waals surface area (Å²) in [5.41, 5.74) is 6.30. The molecule has 0 unspecified atom stereocenters. The topological polar surface area (TPSA) is 84.9 Å². The first kappa shape index (κ1) is 18.8. The van der Waals surface area contributed by atoms with Gasteiger partial charge in [0.15, 0.2) is 0 Å². The first-order valence-electron chi connectivity index (χ1n) is 6.11. The van der Waals surface area contributed by atoms with E-state index in [2.05, 4.69) is 0 Å². The third kappa shape index (κ3) is 3.91. The lowest BCUT2D eigenvalue weighted by Gasteiger charge is -2.32. The molecule has 116 valence electrons. The number of phenols is 1. The molecule has 0 aliphatic rings. The van der Waals surface area contributed by atoms with Gasteiger partial charge in [-0.15, -0.1) is 12.4 Å². The van der Waals surface area contributed by atoms with Crippen molar-refractivity contribution in [3.8, 4) is 17.2 Å². The van der Waals surface area contributed by atoms with Gasteiger partial charge in [0.2, 0.25) is 0 Å². The van der Waals surface area contributed by atoms with Gasteiger partial charge >= 0.3 is 0 Å². The van der Waals surface area contributed by atoms with Gasteiger partial charge in [-0.25, -0.2) is 0 Å². The Hall–Kier alpha value is -1.17. The molecule has 0 saturated heterocycles. The van der Waals surface area contributed by atoms with E-state index in [0.717, 1.165) is 0 Å². The van der Waals surface area contributed by atoms with Crippen LogP contribution in [0.1, 0.15) is 32.4 Å². The van der Waals surface area contributed by atoms with Crippen LogP contribution in [0.25, 0.3) is 0 Å².